The van der Waals surface area contributed by atoms with Gasteiger partial charge in [0.2, 0.25) is 0 Å². The lowest BCUT2D eigenvalue weighted by Gasteiger charge is -2.11. The van der Waals surface area contributed by atoms with Gasteiger partial charge < -0.3 is 4.74 Å². The first-order valence-electron chi connectivity index (χ1n) is 7.24. The Labute approximate surface area is 136 Å². The third-order valence-electron chi connectivity index (χ3n) is 3.82. The Kier molecular flexibility index (Phi) is 3.99. The summed E-state index contributed by atoms with van der Waals surface area (Å²) in [6, 6.07) is 10.6. The van der Waals surface area contributed by atoms with Crippen LogP contribution in [0.5, 0.6) is 0 Å². The molecular weight excluding hydrogens is 310 g/mol. The molecule has 0 atom stereocenters. The molecule has 0 aliphatic heterocycles. The van der Waals surface area contributed by atoms with Crippen molar-refractivity contribution in [2.24, 2.45) is 7.05 Å². The Balaban J connectivity index is 2.25. The van der Waals surface area contributed by atoms with E-state index >= 15 is 0 Å². The molecule has 0 N–H and O–H groups in total. The minimum atomic E-state index is -0.639. The summed E-state index contributed by atoms with van der Waals surface area (Å²) in [5.74, 6) is -0.639. The van der Waals surface area contributed by atoms with Gasteiger partial charge in [-0.05, 0) is 11.6 Å². The standard InChI is InChI=1S/C17H15N3O4/c1-19-14-9-18-13(16(22)24-2)8-12(14)15(21)20(17(19)23)10-11-6-4-3-5-7-11/h3-9H,10H2,1-2H3. The van der Waals surface area contributed by atoms with E-state index in [4.69, 9.17) is 0 Å². The molecule has 122 valence electrons. The van der Waals surface area contributed by atoms with Gasteiger partial charge >= 0.3 is 11.7 Å². The predicted octanol–water partition coefficient (Wildman–Crippen LogP) is 0.930. The second-order valence-corrected chi connectivity index (χ2v) is 5.30. The Morgan fingerprint density at radius 2 is 1.92 bits per heavy atom. The maximum Gasteiger partial charge on any atom is 0.356 e. The summed E-state index contributed by atoms with van der Waals surface area (Å²) >= 11 is 0. The molecule has 7 nitrogen and oxygen atoms in total. The van der Waals surface area contributed by atoms with Gasteiger partial charge in [-0.15, -0.1) is 0 Å². The maximum absolute atomic E-state index is 12.7. The molecule has 0 spiro atoms. The number of carbonyl (C=O) groups excluding carboxylic acids is 1. The fraction of sp³-hybridized carbons (Fsp3) is 0.176. The number of pyridine rings is 1. The van der Waals surface area contributed by atoms with Gasteiger partial charge in [-0.1, -0.05) is 30.3 Å². The molecule has 0 unspecified atom stereocenters. The number of fused-ring (bicyclic) bond motifs is 1. The van der Waals surface area contributed by atoms with Gasteiger partial charge in [0.25, 0.3) is 5.56 Å². The molecule has 7 heteroatoms. The minimum absolute atomic E-state index is 0.0204. The van der Waals surface area contributed by atoms with E-state index in [-0.39, 0.29) is 17.6 Å². The molecule has 0 fully saturated rings. The molecule has 0 amide bonds. The first-order chi connectivity index (χ1) is 11.5. The van der Waals surface area contributed by atoms with Crippen molar-refractivity contribution in [2.75, 3.05) is 7.11 Å². The van der Waals surface area contributed by atoms with Gasteiger partial charge in [-0.3, -0.25) is 13.9 Å². The Morgan fingerprint density at radius 1 is 1.21 bits per heavy atom. The molecule has 0 bridgehead atoms. The van der Waals surface area contributed by atoms with Crippen LogP contribution >= 0.6 is 0 Å². The van der Waals surface area contributed by atoms with Crippen molar-refractivity contribution < 1.29 is 9.53 Å². The predicted molar refractivity (Wildman–Crippen MR) is 88.1 cm³/mol. The maximum atomic E-state index is 12.7. The lowest BCUT2D eigenvalue weighted by Crippen LogP contribution is -2.39. The van der Waals surface area contributed by atoms with Crippen molar-refractivity contribution in [3.05, 3.63) is 74.7 Å². The first kappa shape index (κ1) is 15.7. The van der Waals surface area contributed by atoms with Gasteiger partial charge in [-0.25, -0.2) is 14.6 Å². The second-order valence-electron chi connectivity index (χ2n) is 5.30. The summed E-state index contributed by atoms with van der Waals surface area (Å²) < 4.78 is 7.10. The van der Waals surface area contributed by atoms with Gasteiger partial charge in [0.05, 0.1) is 30.8 Å². The van der Waals surface area contributed by atoms with Crippen molar-refractivity contribution in [2.45, 2.75) is 6.54 Å². The number of hydrogen-bond donors (Lipinski definition) is 0. The SMILES string of the molecule is COC(=O)c1cc2c(=O)n(Cc3ccccc3)c(=O)n(C)c2cn1. The monoisotopic (exact) mass is 325 g/mol. The van der Waals surface area contributed by atoms with Crippen LogP contribution in [0, 0.1) is 0 Å². The highest BCUT2D eigenvalue weighted by atomic mass is 16.5. The molecule has 2 aromatic heterocycles. The zero-order valence-corrected chi connectivity index (χ0v) is 13.2. The summed E-state index contributed by atoms with van der Waals surface area (Å²) in [6.07, 6.45) is 1.33. The van der Waals surface area contributed by atoms with Gasteiger partial charge in [0.15, 0.2) is 0 Å². The number of hydrogen-bond acceptors (Lipinski definition) is 5. The molecule has 0 radical (unpaired) electrons. The smallest absolute Gasteiger partial charge is 0.356 e. The topological polar surface area (TPSA) is 83.2 Å². The van der Waals surface area contributed by atoms with E-state index in [1.807, 2.05) is 30.3 Å². The third kappa shape index (κ3) is 2.60. The molecule has 3 rings (SSSR count). The van der Waals surface area contributed by atoms with Crippen LogP contribution in [0.15, 0.2) is 52.2 Å². The van der Waals surface area contributed by atoms with Crippen LogP contribution in [0.4, 0.5) is 0 Å². The number of ether oxygens (including phenoxy) is 1. The summed E-state index contributed by atoms with van der Waals surface area (Å²) in [6.45, 7) is 0.151. The summed E-state index contributed by atoms with van der Waals surface area (Å²) in [5, 5.41) is 0.239. The number of nitrogens with zero attached hydrogens (tertiary/aromatic N) is 3. The minimum Gasteiger partial charge on any atom is -0.464 e. The van der Waals surface area contributed by atoms with Crippen molar-refractivity contribution in [1.82, 2.24) is 14.1 Å². The average Bonchev–Trinajstić information content (AvgIpc) is 2.63. The summed E-state index contributed by atoms with van der Waals surface area (Å²) in [4.78, 5) is 40.8. The number of aryl methyl sites for hydroxylation is 1. The van der Waals surface area contributed by atoms with E-state index in [9.17, 15) is 14.4 Å². The van der Waals surface area contributed by atoms with Gasteiger partial charge in [0, 0.05) is 7.05 Å². The van der Waals surface area contributed by atoms with Crippen LogP contribution in [0.2, 0.25) is 0 Å². The number of aromatic nitrogens is 3. The van der Waals surface area contributed by atoms with Crippen LogP contribution in [-0.4, -0.2) is 27.2 Å². The second kappa shape index (κ2) is 6.11. The highest BCUT2D eigenvalue weighted by Gasteiger charge is 2.15. The molecule has 0 saturated heterocycles. The van der Waals surface area contributed by atoms with E-state index in [2.05, 4.69) is 9.72 Å². The van der Waals surface area contributed by atoms with Crippen LogP contribution in [0.25, 0.3) is 10.9 Å². The molecule has 24 heavy (non-hydrogen) atoms. The molecule has 0 aliphatic rings. The zero-order chi connectivity index (χ0) is 17.3. The number of benzene rings is 1. The van der Waals surface area contributed by atoms with Crippen molar-refractivity contribution >= 4 is 16.9 Å². The Hall–Kier alpha value is -3.22. The highest BCUT2D eigenvalue weighted by Crippen LogP contribution is 2.09. The van der Waals surface area contributed by atoms with Crippen LogP contribution in [-0.2, 0) is 18.3 Å². The van der Waals surface area contributed by atoms with E-state index in [0.29, 0.717) is 5.52 Å². The van der Waals surface area contributed by atoms with Crippen molar-refractivity contribution in [1.29, 1.82) is 0 Å². The number of esters is 1. The van der Waals surface area contributed by atoms with E-state index in [1.165, 1.54) is 23.9 Å². The molecule has 0 aliphatic carbocycles. The first-order valence-corrected chi connectivity index (χ1v) is 7.24. The van der Waals surface area contributed by atoms with E-state index in [0.717, 1.165) is 10.1 Å². The summed E-state index contributed by atoms with van der Waals surface area (Å²) in [7, 11) is 2.80. The largest absolute Gasteiger partial charge is 0.464 e. The Bertz CT molecular complexity index is 1040. The third-order valence-corrected chi connectivity index (χ3v) is 3.82. The Morgan fingerprint density at radius 3 is 2.58 bits per heavy atom. The fourth-order valence-electron chi connectivity index (χ4n) is 2.52. The highest BCUT2D eigenvalue weighted by molar-refractivity contribution is 5.91. The lowest BCUT2D eigenvalue weighted by atomic mass is 10.2. The van der Waals surface area contributed by atoms with Gasteiger partial charge in [0.1, 0.15) is 5.69 Å². The van der Waals surface area contributed by atoms with Crippen molar-refractivity contribution in [3.8, 4) is 0 Å². The molecule has 1 aromatic carbocycles. The number of rotatable bonds is 3. The molecular formula is C17H15N3O4. The molecule has 3 aromatic rings. The van der Waals surface area contributed by atoms with Crippen molar-refractivity contribution in [3.63, 3.8) is 0 Å². The normalized spacial score (nSPS) is 10.8. The average molecular weight is 325 g/mol. The lowest BCUT2D eigenvalue weighted by molar-refractivity contribution is 0.0594. The van der Waals surface area contributed by atoms with Crippen LogP contribution < -0.4 is 11.2 Å². The van der Waals surface area contributed by atoms with Crippen LogP contribution in [0.1, 0.15) is 16.1 Å². The van der Waals surface area contributed by atoms with Gasteiger partial charge in [-0.2, -0.15) is 0 Å². The molecule has 2 heterocycles. The summed E-state index contributed by atoms with van der Waals surface area (Å²) in [5.41, 5.74) is 0.306. The molecule has 0 saturated carbocycles. The number of carbonyl (C=O) groups is 1. The zero-order valence-electron chi connectivity index (χ0n) is 13.2. The van der Waals surface area contributed by atoms with E-state index in [1.54, 1.807) is 7.05 Å². The quantitative estimate of drug-likeness (QED) is 0.669. The fourth-order valence-corrected chi connectivity index (χ4v) is 2.52. The van der Waals surface area contributed by atoms with Crippen LogP contribution in [0.3, 0.4) is 0 Å². The number of methoxy groups -OCH3 is 1. The van der Waals surface area contributed by atoms with E-state index < -0.39 is 17.2 Å².